The number of hydrogen-bond donors (Lipinski definition) is 1. The van der Waals surface area contributed by atoms with Gasteiger partial charge < -0.3 is 10.2 Å². The maximum absolute atomic E-state index is 13.7. The Morgan fingerprint density at radius 3 is 2.54 bits per heavy atom. The molecule has 2 heterocycles. The molecule has 0 unspecified atom stereocenters. The fraction of sp³-hybridized carbons (Fsp3) is 0.333. The van der Waals surface area contributed by atoms with Gasteiger partial charge >= 0.3 is 0 Å². The molecule has 0 bridgehead atoms. The van der Waals surface area contributed by atoms with Crippen molar-refractivity contribution in [3.8, 4) is 0 Å². The van der Waals surface area contributed by atoms with Crippen LogP contribution in [0.5, 0.6) is 0 Å². The number of benzene rings is 1. The van der Waals surface area contributed by atoms with E-state index in [1.807, 2.05) is 0 Å². The number of carbonyl (C=O) groups is 1. The van der Waals surface area contributed by atoms with Crippen molar-refractivity contribution in [3.05, 3.63) is 53.5 Å². The zero-order valence-electron chi connectivity index (χ0n) is 14.1. The van der Waals surface area contributed by atoms with Crippen LogP contribution in [0.4, 0.5) is 18.9 Å². The number of piperidine rings is 1. The van der Waals surface area contributed by atoms with Crippen molar-refractivity contribution >= 4 is 23.4 Å². The third-order valence-electron chi connectivity index (χ3n) is 4.23. The summed E-state index contributed by atoms with van der Waals surface area (Å²) in [6.07, 6.45) is 3.65. The zero-order valence-corrected chi connectivity index (χ0v) is 15.0. The van der Waals surface area contributed by atoms with Crippen molar-refractivity contribution < 1.29 is 18.0 Å². The second-order valence-electron chi connectivity index (χ2n) is 6.18. The molecule has 1 aromatic carbocycles. The summed E-state index contributed by atoms with van der Waals surface area (Å²) in [6.45, 7) is 2.12. The quantitative estimate of drug-likeness (QED) is 0.815. The van der Waals surface area contributed by atoms with Gasteiger partial charge in [0, 0.05) is 5.25 Å². The first-order valence-electron chi connectivity index (χ1n) is 8.20. The van der Waals surface area contributed by atoms with Crippen LogP contribution in [0.3, 0.4) is 0 Å². The fourth-order valence-corrected chi connectivity index (χ4v) is 3.75. The number of thioether (sulfide) groups is 1. The summed E-state index contributed by atoms with van der Waals surface area (Å²) in [6, 6.07) is 5.05. The van der Waals surface area contributed by atoms with E-state index < -0.39 is 28.9 Å². The Kier molecular flexibility index (Phi) is 5.83. The van der Waals surface area contributed by atoms with E-state index in [1.54, 1.807) is 23.9 Å². The molecular formula is C18H18F3N3OS. The Morgan fingerprint density at radius 2 is 1.88 bits per heavy atom. The van der Waals surface area contributed by atoms with Gasteiger partial charge in [-0.25, -0.2) is 18.2 Å². The molecule has 8 heteroatoms. The van der Waals surface area contributed by atoms with Crippen molar-refractivity contribution in [1.29, 1.82) is 0 Å². The van der Waals surface area contributed by atoms with Gasteiger partial charge in [-0.1, -0.05) is 0 Å². The van der Waals surface area contributed by atoms with Crippen LogP contribution in [0.15, 0.2) is 35.5 Å². The van der Waals surface area contributed by atoms with E-state index in [-0.39, 0.29) is 0 Å². The summed E-state index contributed by atoms with van der Waals surface area (Å²) in [5.74, 6) is -5.37. The van der Waals surface area contributed by atoms with Crippen LogP contribution in [0.2, 0.25) is 0 Å². The van der Waals surface area contributed by atoms with Crippen molar-refractivity contribution in [2.75, 3.05) is 25.5 Å². The van der Waals surface area contributed by atoms with Gasteiger partial charge in [0.05, 0.1) is 22.5 Å². The second kappa shape index (κ2) is 8.09. The summed E-state index contributed by atoms with van der Waals surface area (Å²) in [5, 5.41) is 3.79. The number of hydrogen-bond acceptors (Lipinski definition) is 4. The number of nitrogens with zero attached hydrogens (tertiary/aromatic N) is 2. The first-order valence-corrected chi connectivity index (χ1v) is 9.08. The van der Waals surface area contributed by atoms with E-state index in [0.29, 0.717) is 17.0 Å². The van der Waals surface area contributed by atoms with Gasteiger partial charge in [-0.15, -0.1) is 11.8 Å². The van der Waals surface area contributed by atoms with Crippen LogP contribution in [-0.2, 0) is 0 Å². The molecule has 1 aliphatic rings. The number of nitrogens with one attached hydrogen (secondary N) is 1. The highest BCUT2D eigenvalue weighted by Gasteiger charge is 2.20. The molecule has 3 rings (SSSR count). The fourth-order valence-electron chi connectivity index (χ4n) is 2.70. The van der Waals surface area contributed by atoms with Crippen LogP contribution in [0.1, 0.15) is 23.2 Å². The molecule has 1 fully saturated rings. The Morgan fingerprint density at radius 1 is 1.15 bits per heavy atom. The molecule has 0 aliphatic carbocycles. The summed E-state index contributed by atoms with van der Waals surface area (Å²) >= 11 is 1.69. The van der Waals surface area contributed by atoms with Crippen molar-refractivity contribution in [2.24, 2.45) is 0 Å². The molecule has 4 nitrogen and oxygen atoms in total. The van der Waals surface area contributed by atoms with Gasteiger partial charge in [0.25, 0.3) is 5.91 Å². The largest absolute Gasteiger partial charge is 0.320 e. The average Bonchev–Trinajstić information content (AvgIpc) is 2.63. The van der Waals surface area contributed by atoms with E-state index in [0.717, 1.165) is 37.0 Å². The van der Waals surface area contributed by atoms with E-state index in [9.17, 15) is 18.0 Å². The summed E-state index contributed by atoms with van der Waals surface area (Å²) in [7, 11) is 2.10. The number of likely N-dealkylation sites (tertiary alicyclic amines) is 1. The predicted molar refractivity (Wildman–Crippen MR) is 94.9 cm³/mol. The molecule has 138 valence electrons. The lowest BCUT2D eigenvalue weighted by Gasteiger charge is -2.28. The first-order chi connectivity index (χ1) is 12.4. The van der Waals surface area contributed by atoms with Crippen LogP contribution >= 0.6 is 11.8 Å². The van der Waals surface area contributed by atoms with Gasteiger partial charge in [-0.3, -0.25) is 4.79 Å². The number of pyridine rings is 1. The lowest BCUT2D eigenvalue weighted by molar-refractivity contribution is 0.102. The normalized spacial score (nSPS) is 15.8. The van der Waals surface area contributed by atoms with Crippen molar-refractivity contribution in [3.63, 3.8) is 0 Å². The number of carbonyl (C=O) groups excluding carboxylic acids is 1. The van der Waals surface area contributed by atoms with Gasteiger partial charge in [0.15, 0.2) is 17.5 Å². The highest BCUT2D eigenvalue weighted by Crippen LogP contribution is 2.29. The number of rotatable bonds is 4. The minimum absolute atomic E-state index is 0.354. The Balaban J connectivity index is 1.62. The third-order valence-corrected chi connectivity index (χ3v) is 5.51. The predicted octanol–water partition coefficient (Wildman–Crippen LogP) is 3.94. The van der Waals surface area contributed by atoms with Crippen molar-refractivity contribution in [1.82, 2.24) is 9.88 Å². The van der Waals surface area contributed by atoms with Crippen LogP contribution in [-0.4, -0.2) is 41.2 Å². The van der Waals surface area contributed by atoms with Crippen LogP contribution < -0.4 is 5.32 Å². The highest BCUT2D eigenvalue weighted by molar-refractivity contribution is 7.99. The maximum Gasteiger partial charge on any atom is 0.258 e. The summed E-state index contributed by atoms with van der Waals surface area (Å²) in [4.78, 5) is 18.6. The van der Waals surface area contributed by atoms with E-state index >= 15 is 0 Å². The maximum atomic E-state index is 13.7. The Labute approximate surface area is 153 Å². The van der Waals surface area contributed by atoms with Crippen LogP contribution in [0.25, 0.3) is 0 Å². The SMILES string of the molecule is CN1CCC(Sc2ccc(NC(=O)c3ccc(F)c(F)c3F)cn2)CC1. The zero-order chi connectivity index (χ0) is 18.7. The van der Waals surface area contributed by atoms with Gasteiger partial charge in [-0.05, 0) is 57.2 Å². The molecule has 26 heavy (non-hydrogen) atoms. The molecule has 1 amide bonds. The Hall–Kier alpha value is -2.06. The van der Waals surface area contributed by atoms with E-state index in [2.05, 4.69) is 22.2 Å². The second-order valence-corrected chi connectivity index (χ2v) is 7.50. The molecule has 1 N–H and O–H groups in total. The Bertz CT molecular complexity index is 793. The molecule has 0 spiro atoms. The topological polar surface area (TPSA) is 45.2 Å². The number of halogens is 3. The molecule has 0 radical (unpaired) electrons. The number of aromatic nitrogens is 1. The molecule has 0 saturated carbocycles. The van der Waals surface area contributed by atoms with Gasteiger partial charge in [0.2, 0.25) is 0 Å². The minimum Gasteiger partial charge on any atom is -0.320 e. The molecule has 1 aromatic heterocycles. The highest BCUT2D eigenvalue weighted by atomic mass is 32.2. The molecular weight excluding hydrogens is 363 g/mol. The lowest BCUT2D eigenvalue weighted by Crippen LogP contribution is -2.31. The molecule has 2 aromatic rings. The number of anilines is 1. The van der Waals surface area contributed by atoms with E-state index in [4.69, 9.17) is 0 Å². The monoisotopic (exact) mass is 381 g/mol. The number of amides is 1. The first kappa shape index (κ1) is 18.7. The van der Waals surface area contributed by atoms with Crippen molar-refractivity contribution in [2.45, 2.75) is 23.1 Å². The molecule has 0 atom stereocenters. The average molecular weight is 381 g/mol. The summed E-state index contributed by atoms with van der Waals surface area (Å²) < 4.78 is 39.9. The summed E-state index contributed by atoms with van der Waals surface area (Å²) in [5.41, 5.74) is -0.208. The van der Waals surface area contributed by atoms with E-state index in [1.165, 1.54) is 6.20 Å². The lowest BCUT2D eigenvalue weighted by atomic mass is 10.1. The van der Waals surface area contributed by atoms with Crippen LogP contribution in [0, 0.1) is 17.5 Å². The van der Waals surface area contributed by atoms with Gasteiger partial charge in [0.1, 0.15) is 0 Å². The third kappa shape index (κ3) is 4.37. The smallest absolute Gasteiger partial charge is 0.258 e. The standard InChI is InChI=1S/C18H18F3N3OS/c1-24-8-6-12(7-9-24)26-15-5-2-11(10-22-15)23-18(25)13-3-4-14(19)17(21)16(13)20/h2-5,10,12H,6-9H2,1H3,(H,23,25). The van der Waals surface area contributed by atoms with Gasteiger partial charge in [-0.2, -0.15) is 0 Å². The minimum atomic E-state index is -1.67. The molecule has 1 aliphatic heterocycles. The molecule has 1 saturated heterocycles.